The lowest BCUT2D eigenvalue weighted by Gasteiger charge is -2.18. The average molecular weight is 314 g/mol. The second kappa shape index (κ2) is 3.44. The molecular weight excluding hydrogens is 308 g/mol. The summed E-state index contributed by atoms with van der Waals surface area (Å²) >= 11 is 6.71. The van der Waals surface area contributed by atoms with E-state index in [1.54, 1.807) is 0 Å². The first-order valence-corrected chi connectivity index (χ1v) is 5.54. The molecule has 0 aromatic heterocycles. The lowest BCUT2D eigenvalue weighted by molar-refractivity contribution is 1.45. The van der Waals surface area contributed by atoms with E-state index >= 15 is 0 Å². The van der Waals surface area contributed by atoms with Crippen LogP contribution in [-0.4, -0.2) is 11.4 Å². The third-order valence-corrected chi connectivity index (χ3v) is 4.24. The summed E-state index contributed by atoms with van der Waals surface area (Å²) in [6.07, 6.45) is 0. The molecule has 2 nitrogen and oxygen atoms in total. The van der Waals surface area contributed by atoms with E-state index in [0.29, 0.717) is 4.48 Å². The predicted molar refractivity (Wildman–Crippen MR) is 65.8 cm³/mol. The Hall–Kier alpha value is -0.740. The molecule has 1 aliphatic rings. The predicted octanol–water partition coefficient (Wildman–Crippen LogP) is 3.55. The van der Waals surface area contributed by atoms with Gasteiger partial charge in [0.25, 0.3) is 0 Å². The fraction of sp³-hybridized carbons (Fsp3) is 0. The monoisotopic (exact) mass is 312 g/mol. The van der Waals surface area contributed by atoms with Crippen molar-refractivity contribution in [2.24, 2.45) is 0 Å². The van der Waals surface area contributed by atoms with Gasteiger partial charge in [0.1, 0.15) is 0 Å². The SMILES string of the molecule is N=C1C(=N)c2ccccc2C(Br)=C1Br. The quantitative estimate of drug-likeness (QED) is 0.736. The Labute approximate surface area is 98.3 Å². The first-order chi connectivity index (χ1) is 6.63. The number of allylic oxidation sites excluding steroid dienone is 1. The molecule has 0 saturated heterocycles. The van der Waals surface area contributed by atoms with Gasteiger partial charge in [-0.1, -0.05) is 24.3 Å². The van der Waals surface area contributed by atoms with Gasteiger partial charge in [-0.3, -0.25) is 10.8 Å². The molecule has 0 fully saturated rings. The van der Waals surface area contributed by atoms with Crippen LogP contribution in [0.3, 0.4) is 0 Å². The van der Waals surface area contributed by atoms with E-state index in [-0.39, 0.29) is 11.4 Å². The van der Waals surface area contributed by atoms with Gasteiger partial charge in [-0.2, -0.15) is 0 Å². The standard InChI is InChI=1S/C10H6Br2N2/c11-7-5-3-1-2-4-6(5)9(13)10(14)8(7)12/h1-4,13-14H. The Morgan fingerprint density at radius 1 is 0.786 bits per heavy atom. The third-order valence-electron chi connectivity index (χ3n) is 2.10. The summed E-state index contributed by atoms with van der Waals surface area (Å²) in [6.45, 7) is 0. The van der Waals surface area contributed by atoms with Gasteiger partial charge in [0, 0.05) is 10.0 Å². The van der Waals surface area contributed by atoms with Crippen molar-refractivity contribution in [1.82, 2.24) is 0 Å². The first kappa shape index (κ1) is 9.80. The van der Waals surface area contributed by atoms with Crippen LogP contribution in [0.4, 0.5) is 0 Å². The molecule has 14 heavy (non-hydrogen) atoms. The number of hydrogen-bond donors (Lipinski definition) is 2. The van der Waals surface area contributed by atoms with E-state index in [2.05, 4.69) is 31.9 Å². The first-order valence-electron chi connectivity index (χ1n) is 3.96. The number of rotatable bonds is 0. The minimum Gasteiger partial charge on any atom is -0.298 e. The molecule has 0 aliphatic heterocycles. The Morgan fingerprint density at radius 3 is 2.00 bits per heavy atom. The Balaban J connectivity index is 2.78. The molecule has 2 N–H and O–H groups in total. The van der Waals surface area contributed by atoms with Crippen LogP contribution in [-0.2, 0) is 0 Å². The van der Waals surface area contributed by atoms with Gasteiger partial charge in [0.05, 0.1) is 15.9 Å². The van der Waals surface area contributed by atoms with Gasteiger partial charge >= 0.3 is 0 Å². The van der Waals surface area contributed by atoms with Crippen molar-refractivity contribution < 1.29 is 0 Å². The Morgan fingerprint density at radius 2 is 1.36 bits per heavy atom. The van der Waals surface area contributed by atoms with Crippen LogP contribution in [0.5, 0.6) is 0 Å². The molecule has 0 atom stereocenters. The molecule has 0 saturated carbocycles. The highest BCUT2D eigenvalue weighted by Gasteiger charge is 2.23. The van der Waals surface area contributed by atoms with Crippen LogP contribution >= 0.6 is 31.9 Å². The summed E-state index contributed by atoms with van der Waals surface area (Å²) in [5, 5.41) is 15.5. The zero-order valence-corrected chi connectivity index (χ0v) is 10.2. The maximum absolute atomic E-state index is 7.79. The molecule has 0 amide bonds. The van der Waals surface area contributed by atoms with Gasteiger partial charge < -0.3 is 0 Å². The largest absolute Gasteiger partial charge is 0.298 e. The van der Waals surface area contributed by atoms with Crippen molar-refractivity contribution in [3.8, 4) is 0 Å². The van der Waals surface area contributed by atoms with Crippen molar-refractivity contribution in [1.29, 1.82) is 10.8 Å². The van der Waals surface area contributed by atoms with E-state index < -0.39 is 0 Å². The second-order valence-electron chi connectivity index (χ2n) is 2.92. The topological polar surface area (TPSA) is 47.7 Å². The van der Waals surface area contributed by atoms with E-state index in [1.165, 1.54) is 0 Å². The van der Waals surface area contributed by atoms with Gasteiger partial charge in [-0.15, -0.1) is 0 Å². The summed E-state index contributed by atoms with van der Waals surface area (Å²) in [5.41, 5.74) is 2.24. The summed E-state index contributed by atoms with van der Waals surface area (Å²) < 4.78 is 1.48. The minimum atomic E-state index is 0.218. The Kier molecular flexibility index (Phi) is 2.41. The molecule has 0 unspecified atom stereocenters. The molecule has 70 valence electrons. The summed E-state index contributed by atoms with van der Waals surface area (Å²) in [4.78, 5) is 0. The normalized spacial score (nSPS) is 15.9. The molecule has 1 aromatic rings. The van der Waals surface area contributed by atoms with E-state index in [0.717, 1.165) is 15.6 Å². The maximum atomic E-state index is 7.79. The van der Waals surface area contributed by atoms with Crippen molar-refractivity contribution >= 4 is 47.8 Å². The van der Waals surface area contributed by atoms with Crippen molar-refractivity contribution in [3.05, 3.63) is 39.9 Å². The number of hydrogen-bond acceptors (Lipinski definition) is 2. The molecule has 0 bridgehead atoms. The number of nitrogens with one attached hydrogen (secondary N) is 2. The lowest BCUT2D eigenvalue weighted by Crippen LogP contribution is -2.19. The van der Waals surface area contributed by atoms with Crippen LogP contribution in [0.25, 0.3) is 4.48 Å². The summed E-state index contributed by atoms with van der Waals surface area (Å²) in [5.74, 6) is 0. The van der Waals surface area contributed by atoms with Crippen molar-refractivity contribution in [3.63, 3.8) is 0 Å². The molecule has 0 radical (unpaired) electrons. The highest BCUT2D eigenvalue weighted by Crippen LogP contribution is 2.36. The van der Waals surface area contributed by atoms with Gasteiger partial charge in [-0.05, 0) is 37.4 Å². The molecule has 0 spiro atoms. The fourth-order valence-electron chi connectivity index (χ4n) is 1.36. The van der Waals surface area contributed by atoms with Crippen LogP contribution in [0.15, 0.2) is 28.7 Å². The van der Waals surface area contributed by atoms with Crippen LogP contribution in [0, 0.1) is 10.8 Å². The fourth-order valence-corrected chi connectivity index (χ4v) is 2.32. The van der Waals surface area contributed by atoms with Crippen LogP contribution < -0.4 is 0 Å². The van der Waals surface area contributed by atoms with Gasteiger partial charge in [-0.25, -0.2) is 0 Å². The molecule has 0 heterocycles. The van der Waals surface area contributed by atoms with E-state index in [1.807, 2.05) is 24.3 Å². The van der Waals surface area contributed by atoms with Crippen molar-refractivity contribution in [2.75, 3.05) is 0 Å². The van der Waals surface area contributed by atoms with Crippen LogP contribution in [0.2, 0.25) is 0 Å². The lowest BCUT2D eigenvalue weighted by atomic mass is 9.94. The van der Waals surface area contributed by atoms with E-state index in [9.17, 15) is 0 Å². The molecule has 1 aromatic carbocycles. The third kappa shape index (κ3) is 1.29. The number of halogens is 2. The molecular formula is C10H6Br2N2. The molecule has 2 rings (SSSR count). The minimum absolute atomic E-state index is 0.218. The van der Waals surface area contributed by atoms with Crippen molar-refractivity contribution in [2.45, 2.75) is 0 Å². The van der Waals surface area contributed by atoms with E-state index in [4.69, 9.17) is 10.8 Å². The molecule has 1 aliphatic carbocycles. The average Bonchev–Trinajstić information content (AvgIpc) is 2.23. The highest BCUT2D eigenvalue weighted by atomic mass is 79.9. The molecule has 4 heteroatoms. The van der Waals surface area contributed by atoms with Crippen LogP contribution in [0.1, 0.15) is 11.1 Å². The number of benzene rings is 1. The van der Waals surface area contributed by atoms with Gasteiger partial charge in [0.15, 0.2) is 0 Å². The zero-order chi connectivity index (χ0) is 10.3. The maximum Gasteiger partial charge on any atom is 0.0949 e. The second-order valence-corrected chi connectivity index (χ2v) is 4.51. The Bertz CT molecular complexity index is 475. The van der Waals surface area contributed by atoms with Gasteiger partial charge in [0.2, 0.25) is 0 Å². The summed E-state index contributed by atoms with van der Waals surface area (Å²) in [7, 11) is 0. The highest BCUT2D eigenvalue weighted by molar-refractivity contribution is 9.16. The zero-order valence-electron chi connectivity index (χ0n) is 7.07. The number of fused-ring (bicyclic) bond motifs is 1. The summed E-state index contributed by atoms with van der Waals surface area (Å²) in [6, 6.07) is 7.58. The smallest absolute Gasteiger partial charge is 0.0949 e.